The number of carboxylic acid groups (broad SMARTS) is 1. The van der Waals surface area contributed by atoms with Crippen molar-refractivity contribution in [2.45, 2.75) is 25.4 Å². The van der Waals surface area contributed by atoms with Crippen molar-refractivity contribution in [3.05, 3.63) is 0 Å². The predicted molar refractivity (Wildman–Crippen MR) is 54.3 cm³/mol. The number of halogens is 1. The fourth-order valence-electron chi connectivity index (χ4n) is 1.63. The largest absolute Gasteiger partial charge is 0.465 e. The van der Waals surface area contributed by atoms with Gasteiger partial charge in [0.2, 0.25) is 0 Å². The molecular formula is C10H14FNO5. The lowest BCUT2D eigenvalue weighted by atomic mass is 9.96. The zero-order valence-corrected chi connectivity index (χ0v) is 9.44. The highest BCUT2D eigenvalue weighted by Gasteiger charge is 2.49. The Labute approximate surface area is 97.3 Å². The lowest BCUT2D eigenvalue weighted by Gasteiger charge is -2.20. The molecule has 1 aliphatic rings. The Hall–Kier alpha value is -1.66. The van der Waals surface area contributed by atoms with E-state index in [1.165, 1.54) is 6.92 Å². The van der Waals surface area contributed by atoms with E-state index in [0.717, 1.165) is 4.90 Å². The first-order valence-corrected chi connectivity index (χ1v) is 5.29. The molecule has 1 rings (SSSR count). The van der Waals surface area contributed by atoms with Gasteiger partial charge in [0.25, 0.3) is 5.67 Å². The molecular weight excluding hydrogens is 233 g/mol. The van der Waals surface area contributed by atoms with Gasteiger partial charge in [-0.1, -0.05) is 0 Å². The summed E-state index contributed by atoms with van der Waals surface area (Å²) in [7, 11) is 0. The van der Waals surface area contributed by atoms with E-state index in [2.05, 4.69) is 4.74 Å². The summed E-state index contributed by atoms with van der Waals surface area (Å²) in [6.07, 6.45) is -2.04. The van der Waals surface area contributed by atoms with Gasteiger partial charge in [-0.15, -0.1) is 0 Å². The van der Waals surface area contributed by atoms with E-state index in [1.807, 2.05) is 0 Å². The van der Waals surface area contributed by atoms with E-state index >= 15 is 0 Å². The summed E-state index contributed by atoms with van der Waals surface area (Å²) in [5.41, 5.74) is -2.71. The quantitative estimate of drug-likeness (QED) is 0.570. The monoisotopic (exact) mass is 247 g/mol. The number of amides is 1. The molecule has 0 aliphatic carbocycles. The maximum atomic E-state index is 14.2. The van der Waals surface area contributed by atoms with Crippen molar-refractivity contribution in [2.75, 3.05) is 19.7 Å². The van der Waals surface area contributed by atoms with Crippen molar-refractivity contribution >= 4 is 17.8 Å². The summed E-state index contributed by atoms with van der Waals surface area (Å²) >= 11 is 0. The smallest absolute Gasteiger partial charge is 0.407 e. The van der Waals surface area contributed by atoms with Crippen LogP contribution in [0.4, 0.5) is 9.18 Å². The minimum atomic E-state index is -2.71. The van der Waals surface area contributed by atoms with Crippen LogP contribution in [0.1, 0.15) is 19.8 Å². The number of ketones is 1. The molecule has 7 heteroatoms. The number of nitrogens with zero attached hydrogens (tertiary/aromatic N) is 1. The minimum absolute atomic E-state index is 0.0274. The zero-order chi connectivity index (χ0) is 13.1. The Bertz CT molecular complexity index is 346. The lowest BCUT2D eigenvalue weighted by molar-refractivity contribution is -0.162. The molecule has 0 saturated carbocycles. The van der Waals surface area contributed by atoms with Crippen LogP contribution in [-0.4, -0.2) is 53.2 Å². The van der Waals surface area contributed by atoms with Gasteiger partial charge in [-0.05, 0) is 6.92 Å². The number of hydrogen-bond acceptors (Lipinski definition) is 4. The topological polar surface area (TPSA) is 83.9 Å². The number of rotatable bonds is 2. The number of carbonyl (C=O) groups is 3. The molecule has 1 saturated heterocycles. The molecule has 1 unspecified atom stereocenters. The van der Waals surface area contributed by atoms with E-state index in [9.17, 15) is 18.8 Å². The van der Waals surface area contributed by atoms with Crippen molar-refractivity contribution in [3.63, 3.8) is 0 Å². The van der Waals surface area contributed by atoms with Crippen molar-refractivity contribution in [1.82, 2.24) is 4.90 Å². The summed E-state index contributed by atoms with van der Waals surface area (Å²) in [5.74, 6) is -2.14. The molecule has 0 aromatic rings. The van der Waals surface area contributed by atoms with Crippen LogP contribution in [0.2, 0.25) is 0 Å². The van der Waals surface area contributed by atoms with Gasteiger partial charge in [0.15, 0.2) is 5.78 Å². The highest BCUT2D eigenvalue weighted by Crippen LogP contribution is 2.25. The van der Waals surface area contributed by atoms with Gasteiger partial charge in [0.05, 0.1) is 6.61 Å². The zero-order valence-electron chi connectivity index (χ0n) is 9.44. The average Bonchev–Trinajstić information content (AvgIpc) is 2.41. The van der Waals surface area contributed by atoms with Crippen LogP contribution in [0.5, 0.6) is 0 Å². The first kappa shape index (κ1) is 13.4. The maximum absolute atomic E-state index is 14.2. The highest BCUT2D eigenvalue weighted by molar-refractivity contribution is 6.07. The Kier molecular flexibility index (Phi) is 4.03. The molecule has 6 nitrogen and oxygen atoms in total. The molecule has 1 heterocycles. The number of ether oxygens (including phenoxy) is 1. The molecule has 0 spiro atoms. The summed E-state index contributed by atoms with van der Waals surface area (Å²) in [6.45, 7) is 1.18. The second-order valence-electron chi connectivity index (χ2n) is 3.71. The molecule has 0 bridgehead atoms. The van der Waals surface area contributed by atoms with E-state index in [-0.39, 0.29) is 26.1 Å². The van der Waals surface area contributed by atoms with Crippen LogP contribution in [0.25, 0.3) is 0 Å². The third-order valence-electron chi connectivity index (χ3n) is 2.65. The van der Waals surface area contributed by atoms with Gasteiger partial charge in [-0.25, -0.2) is 14.0 Å². The molecule has 0 aromatic carbocycles. The summed E-state index contributed by atoms with van der Waals surface area (Å²) < 4.78 is 18.7. The van der Waals surface area contributed by atoms with Crippen LogP contribution in [0.3, 0.4) is 0 Å². The Balaban J connectivity index is 2.83. The van der Waals surface area contributed by atoms with Gasteiger partial charge in [-0.3, -0.25) is 4.79 Å². The Morgan fingerprint density at radius 3 is 2.71 bits per heavy atom. The van der Waals surface area contributed by atoms with Crippen LogP contribution in [-0.2, 0) is 14.3 Å². The van der Waals surface area contributed by atoms with Crippen molar-refractivity contribution < 1.29 is 28.6 Å². The molecule has 1 aliphatic heterocycles. The van der Waals surface area contributed by atoms with Crippen LogP contribution >= 0.6 is 0 Å². The fourth-order valence-corrected chi connectivity index (χ4v) is 1.63. The van der Waals surface area contributed by atoms with Gasteiger partial charge in [0, 0.05) is 25.9 Å². The predicted octanol–water partition coefficient (Wildman–Crippen LogP) is 0.601. The molecule has 1 atom stereocenters. The Morgan fingerprint density at radius 2 is 2.18 bits per heavy atom. The lowest BCUT2D eigenvalue weighted by Crippen LogP contribution is -2.43. The summed E-state index contributed by atoms with van der Waals surface area (Å²) in [4.78, 5) is 34.5. The van der Waals surface area contributed by atoms with Gasteiger partial charge < -0.3 is 14.7 Å². The molecule has 96 valence electrons. The highest BCUT2D eigenvalue weighted by atomic mass is 19.1. The van der Waals surface area contributed by atoms with E-state index < -0.39 is 29.9 Å². The number of alkyl halides is 1. The van der Waals surface area contributed by atoms with Crippen LogP contribution in [0.15, 0.2) is 0 Å². The molecule has 17 heavy (non-hydrogen) atoms. The third kappa shape index (κ3) is 2.72. The standard InChI is InChI=1S/C10H14FNO5/c1-2-17-8(14)10(11)4-6-12(9(15)16)5-3-7(10)13/h2-6H2,1H3,(H,15,16). The first-order chi connectivity index (χ1) is 7.91. The number of hydrogen-bond donors (Lipinski definition) is 1. The fraction of sp³-hybridized carbons (Fsp3) is 0.700. The van der Waals surface area contributed by atoms with E-state index in [4.69, 9.17) is 5.11 Å². The minimum Gasteiger partial charge on any atom is -0.465 e. The summed E-state index contributed by atoms with van der Waals surface area (Å²) in [5, 5.41) is 8.74. The molecule has 0 aromatic heterocycles. The third-order valence-corrected chi connectivity index (χ3v) is 2.65. The van der Waals surface area contributed by atoms with Crippen molar-refractivity contribution in [2.24, 2.45) is 0 Å². The van der Waals surface area contributed by atoms with Gasteiger partial charge in [-0.2, -0.15) is 0 Å². The van der Waals surface area contributed by atoms with Crippen molar-refractivity contribution in [3.8, 4) is 0 Å². The normalized spacial score (nSPS) is 25.3. The molecule has 1 N–H and O–H groups in total. The molecule has 0 radical (unpaired) electrons. The molecule has 1 fully saturated rings. The van der Waals surface area contributed by atoms with E-state index in [0.29, 0.717) is 0 Å². The number of Topliss-reactive ketones (excluding diaryl/α,β-unsaturated/α-hetero) is 1. The SMILES string of the molecule is CCOC(=O)C1(F)CCN(C(=O)O)CCC1=O. The van der Waals surface area contributed by atoms with Crippen LogP contribution in [0, 0.1) is 0 Å². The number of likely N-dealkylation sites (tertiary alicyclic amines) is 1. The van der Waals surface area contributed by atoms with Crippen LogP contribution < -0.4 is 0 Å². The van der Waals surface area contributed by atoms with Gasteiger partial charge >= 0.3 is 12.1 Å². The first-order valence-electron chi connectivity index (χ1n) is 5.29. The average molecular weight is 247 g/mol. The second-order valence-corrected chi connectivity index (χ2v) is 3.71. The maximum Gasteiger partial charge on any atom is 0.407 e. The summed E-state index contributed by atoms with van der Waals surface area (Å²) in [6, 6.07) is 0. The van der Waals surface area contributed by atoms with E-state index in [1.54, 1.807) is 0 Å². The second kappa shape index (κ2) is 5.11. The van der Waals surface area contributed by atoms with Gasteiger partial charge in [0.1, 0.15) is 0 Å². The Morgan fingerprint density at radius 1 is 1.53 bits per heavy atom. The number of carbonyl (C=O) groups excluding carboxylic acids is 2. The van der Waals surface area contributed by atoms with Crippen molar-refractivity contribution in [1.29, 1.82) is 0 Å². The number of esters is 1. The molecule has 1 amide bonds.